The Hall–Kier alpha value is -2.99. The molecule has 6 nitrogen and oxygen atoms in total. The van der Waals surface area contributed by atoms with Gasteiger partial charge in [-0.05, 0) is 41.0 Å². The molecule has 1 aliphatic rings. The minimum absolute atomic E-state index is 0.0114. The molecule has 2 aromatic carbocycles. The zero-order chi connectivity index (χ0) is 19.4. The van der Waals surface area contributed by atoms with E-state index < -0.39 is 0 Å². The molecule has 7 heteroatoms. The lowest BCUT2D eigenvalue weighted by Gasteiger charge is -2.10. The second kappa shape index (κ2) is 8.14. The van der Waals surface area contributed by atoms with Gasteiger partial charge in [-0.2, -0.15) is 0 Å². The van der Waals surface area contributed by atoms with Crippen LogP contribution in [-0.2, 0) is 22.6 Å². The number of ether oxygens (including phenoxy) is 2. The summed E-state index contributed by atoms with van der Waals surface area (Å²) in [5, 5.41) is 6.00. The van der Waals surface area contributed by atoms with Gasteiger partial charge in [-0.3, -0.25) is 9.59 Å². The highest BCUT2D eigenvalue weighted by Crippen LogP contribution is 2.36. The van der Waals surface area contributed by atoms with Crippen LogP contribution in [0.5, 0.6) is 11.5 Å². The van der Waals surface area contributed by atoms with Gasteiger partial charge in [-0.1, -0.05) is 23.7 Å². The second-order valence-electron chi connectivity index (χ2n) is 6.01. The molecule has 0 saturated heterocycles. The monoisotopic (exact) mass is 386 g/mol. The Balaban J connectivity index is 1.62. The van der Waals surface area contributed by atoms with E-state index in [-0.39, 0.29) is 11.8 Å². The molecule has 1 heterocycles. The van der Waals surface area contributed by atoms with E-state index in [4.69, 9.17) is 21.1 Å². The number of methoxy groups -OCH3 is 2. The molecule has 0 bridgehead atoms. The molecular formula is C20H19ClN2O4. The maximum absolute atomic E-state index is 12.1. The molecule has 2 amide bonds. The fourth-order valence-electron chi connectivity index (χ4n) is 2.85. The summed E-state index contributed by atoms with van der Waals surface area (Å²) in [5.41, 5.74) is 3.43. The summed E-state index contributed by atoms with van der Waals surface area (Å²) in [6.07, 6.45) is 3.45. The predicted octanol–water partition coefficient (Wildman–Crippen LogP) is 3.18. The largest absolute Gasteiger partial charge is 0.493 e. The van der Waals surface area contributed by atoms with Crippen LogP contribution >= 0.6 is 11.6 Å². The van der Waals surface area contributed by atoms with Gasteiger partial charge in [-0.25, -0.2) is 0 Å². The third kappa shape index (κ3) is 4.41. The first-order valence-electron chi connectivity index (χ1n) is 8.29. The number of amides is 2. The highest BCUT2D eigenvalue weighted by atomic mass is 35.5. The molecule has 140 valence electrons. The number of benzene rings is 2. The van der Waals surface area contributed by atoms with Crippen molar-refractivity contribution in [3.63, 3.8) is 0 Å². The lowest BCUT2D eigenvalue weighted by atomic mass is 10.1. The number of halogens is 1. The average molecular weight is 387 g/mol. The van der Waals surface area contributed by atoms with E-state index in [1.807, 2.05) is 18.2 Å². The van der Waals surface area contributed by atoms with E-state index in [0.717, 1.165) is 22.4 Å². The third-order valence-electron chi connectivity index (χ3n) is 4.14. The van der Waals surface area contributed by atoms with Crippen LogP contribution in [0, 0.1) is 0 Å². The number of carbonyl (C=O) groups excluding carboxylic acids is 2. The van der Waals surface area contributed by atoms with Crippen LogP contribution in [0.1, 0.15) is 16.7 Å². The first-order chi connectivity index (χ1) is 13.0. The molecule has 1 aliphatic heterocycles. The Morgan fingerprint density at radius 1 is 1.26 bits per heavy atom. The van der Waals surface area contributed by atoms with Crippen molar-refractivity contribution < 1.29 is 19.1 Å². The van der Waals surface area contributed by atoms with Crippen LogP contribution in [0.25, 0.3) is 6.08 Å². The van der Waals surface area contributed by atoms with Gasteiger partial charge in [0.15, 0.2) is 11.5 Å². The topological polar surface area (TPSA) is 76.7 Å². The van der Waals surface area contributed by atoms with Crippen molar-refractivity contribution in [2.45, 2.75) is 13.0 Å². The lowest BCUT2D eigenvalue weighted by Crippen LogP contribution is -2.20. The van der Waals surface area contributed by atoms with Gasteiger partial charge in [0.25, 0.3) is 0 Å². The summed E-state index contributed by atoms with van der Waals surface area (Å²) in [4.78, 5) is 23.5. The number of rotatable bonds is 6. The Morgan fingerprint density at radius 2 is 2.07 bits per heavy atom. The Kier molecular flexibility index (Phi) is 5.66. The maximum Gasteiger partial charge on any atom is 0.244 e. The predicted molar refractivity (Wildman–Crippen MR) is 104 cm³/mol. The van der Waals surface area contributed by atoms with Crippen molar-refractivity contribution in [1.82, 2.24) is 5.32 Å². The fourth-order valence-corrected chi connectivity index (χ4v) is 3.14. The van der Waals surface area contributed by atoms with Crippen LogP contribution < -0.4 is 20.1 Å². The summed E-state index contributed by atoms with van der Waals surface area (Å²) in [6.45, 7) is 0.372. The second-order valence-corrected chi connectivity index (χ2v) is 6.41. The Morgan fingerprint density at radius 3 is 2.81 bits per heavy atom. The van der Waals surface area contributed by atoms with Crippen molar-refractivity contribution in [2.24, 2.45) is 0 Å². The molecular weight excluding hydrogens is 368 g/mol. The van der Waals surface area contributed by atoms with Gasteiger partial charge >= 0.3 is 0 Å². The zero-order valence-corrected chi connectivity index (χ0v) is 15.7. The fraction of sp³-hybridized carbons (Fsp3) is 0.200. The minimum atomic E-state index is -0.240. The van der Waals surface area contributed by atoms with Crippen molar-refractivity contribution in [2.75, 3.05) is 19.5 Å². The van der Waals surface area contributed by atoms with E-state index in [1.165, 1.54) is 20.3 Å². The van der Waals surface area contributed by atoms with E-state index in [2.05, 4.69) is 10.6 Å². The highest BCUT2D eigenvalue weighted by Gasteiger charge is 2.17. The molecule has 0 saturated carbocycles. The first-order valence-corrected chi connectivity index (χ1v) is 8.67. The smallest absolute Gasteiger partial charge is 0.244 e. The first kappa shape index (κ1) is 18.8. The van der Waals surface area contributed by atoms with Crippen LogP contribution in [0.3, 0.4) is 0 Å². The molecule has 2 aromatic rings. The molecule has 0 aromatic heterocycles. The summed E-state index contributed by atoms with van der Waals surface area (Å²) in [7, 11) is 3.03. The summed E-state index contributed by atoms with van der Waals surface area (Å²) >= 11 is 6.16. The van der Waals surface area contributed by atoms with Gasteiger partial charge in [-0.15, -0.1) is 0 Å². The Labute approximate surface area is 162 Å². The molecule has 0 spiro atoms. The number of nitrogens with one attached hydrogen (secondary N) is 2. The molecule has 27 heavy (non-hydrogen) atoms. The third-order valence-corrected chi connectivity index (χ3v) is 4.43. The van der Waals surface area contributed by atoms with Crippen LogP contribution in [0.4, 0.5) is 5.69 Å². The van der Waals surface area contributed by atoms with Crippen molar-refractivity contribution >= 4 is 35.2 Å². The van der Waals surface area contributed by atoms with E-state index in [0.29, 0.717) is 29.5 Å². The number of carbonyl (C=O) groups is 2. The number of hydrogen-bond acceptors (Lipinski definition) is 4. The summed E-state index contributed by atoms with van der Waals surface area (Å²) in [6, 6.07) is 9.08. The number of fused-ring (bicyclic) bond motifs is 1. The molecule has 0 aliphatic carbocycles. The van der Waals surface area contributed by atoms with Gasteiger partial charge < -0.3 is 20.1 Å². The van der Waals surface area contributed by atoms with Gasteiger partial charge in [0.2, 0.25) is 11.8 Å². The normalized spacial score (nSPS) is 12.6. The number of hydrogen-bond donors (Lipinski definition) is 2. The highest BCUT2D eigenvalue weighted by molar-refractivity contribution is 6.32. The van der Waals surface area contributed by atoms with Crippen molar-refractivity contribution in [1.29, 1.82) is 0 Å². The SMILES string of the molecule is COc1cc(C=CC(=O)NCc2ccc3c(c2)CC(=O)N3)cc(Cl)c1OC. The maximum atomic E-state index is 12.1. The van der Waals surface area contributed by atoms with Gasteiger partial charge in [0.05, 0.1) is 25.7 Å². The summed E-state index contributed by atoms with van der Waals surface area (Å²) < 4.78 is 10.4. The van der Waals surface area contributed by atoms with E-state index in [9.17, 15) is 9.59 Å². The zero-order valence-electron chi connectivity index (χ0n) is 15.0. The standard InChI is InChI=1S/C20H19ClN2O4/c1-26-17-9-12(8-15(21)20(17)27-2)4-6-18(24)22-11-13-3-5-16-14(7-13)10-19(25)23-16/h3-9H,10-11H2,1-2H3,(H,22,24)(H,23,25). The Bertz CT molecular complexity index is 924. The molecule has 0 fully saturated rings. The van der Waals surface area contributed by atoms with Gasteiger partial charge in [0.1, 0.15) is 0 Å². The lowest BCUT2D eigenvalue weighted by molar-refractivity contribution is -0.117. The molecule has 3 rings (SSSR count). The molecule has 0 unspecified atom stereocenters. The molecule has 2 N–H and O–H groups in total. The molecule has 0 radical (unpaired) electrons. The van der Waals surface area contributed by atoms with Crippen molar-refractivity contribution in [3.8, 4) is 11.5 Å². The van der Waals surface area contributed by atoms with Crippen molar-refractivity contribution in [3.05, 3.63) is 58.1 Å². The molecule has 0 atom stereocenters. The van der Waals surface area contributed by atoms with E-state index in [1.54, 1.807) is 18.2 Å². The van der Waals surface area contributed by atoms with E-state index >= 15 is 0 Å². The van der Waals surface area contributed by atoms with Gasteiger partial charge in [0, 0.05) is 18.3 Å². The van der Waals surface area contributed by atoms with Crippen LogP contribution in [0.2, 0.25) is 5.02 Å². The summed E-state index contributed by atoms with van der Waals surface area (Å²) in [5.74, 6) is 0.690. The number of anilines is 1. The average Bonchev–Trinajstić information content (AvgIpc) is 3.03. The van der Waals surface area contributed by atoms with Crippen LogP contribution in [0.15, 0.2) is 36.4 Å². The quantitative estimate of drug-likeness (QED) is 0.747. The minimum Gasteiger partial charge on any atom is -0.493 e. The van der Waals surface area contributed by atoms with Crippen LogP contribution in [-0.4, -0.2) is 26.0 Å².